The van der Waals surface area contributed by atoms with Crippen molar-refractivity contribution in [1.29, 1.82) is 0 Å². The van der Waals surface area contributed by atoms with Gasteiger partial charge in [-0.15, -0.1) is 0 Å². The van der Waals surface area contributed by atoms with Crippen LogP contribution in [0.3, 0.4) is 0 Å². The van der Waals surface area contributed by atoms with E-state index >= 15 is 0 Å². The minimum absolute atomic E-state index is 0.296. The SMILES string of the molecule is O=S([O-])OCCCCCS. The smallest absolute Gasteiger partial charge is 0.0842 e. The third-order valence-electron chi connectivity index (χ3n) is 0.982. The molecule has 0 aliphatic rings. The van der Waals surface area contributed by atoms with Gasteiger partial charge in [-0.05, 0) is 18.6 Å². The first-order valence-electron chi connectivity index (χ1n) is 3.10. The van der Waals surface area contributed by atoms with Gasteiger partial charge in [0.15, 0.2) is 0 Å². The van der Waals surface area contributed by atoms with Crippen LogP contribution in [-0.2, 0) is 15.5 Å². The quantitative estimate of drug-likeness (QED) is 0.378. The zero-order chi connectivity index (χ0) is 7.82. The molecule has 0 aromatic heterocycles. The summed E-state index contributed by atoms with van der Waals surface area (Å²) in [6, 6.07) is 0. The summed E-state index contributed by atoms with van der Waals surface area (Å²) in [6.45, 7) is 0.296. The van der Waals surface area contributed by atoms with Gasteiger partial charge in [-0.3, -0.25) is 0 Å². The highest BCUT2D eigenvalue weighted by atomic mass is 32.2. The summed E-state index contributed by atoms with van der Waals surface area (Å²) < 4.78 is 23.9. The lowest BCUT2D eigenvalue weighted by atomic mass is 10.3. The van der Waals surface area contributed by atoms with Gasteiger partial charge in [0, 0.05) is 0 Å². The van der Waals surface area contributed by atoms with Crippen LogP contribution in [0, 0.1) is 0 Å². The second-order valence-corrected chi connectivity index (χ2v) is 2.90. The van der Waals surface area contributed by atoms with Crippen molar-refractivity contribution < 1.29 is 12.9 Å². The summed E-state index contributed by atoms with van der Waals surface area (Å²) >= 11 is 1.66. The van der Waals surface area contributed by atoms with Gasteiger partial charge < -0.3 is 8.74 Å². The fourth-order valence-electron chi connectivity index (χ4n) is 0.518. The van der Waals surface area contributed by atoms with E-state index in [1.54, 1.807) is 0 Å². The lowest BCUT2D eigenvalue weighted by Crippen LogP contribution is -1.97. The molecule has 1 unspecified atom stereocenters. The van der Waals surface area contributed by atoms with Crippen molar-refractivity contribution in [3.05, 3.63) is 0 Å². The zero-order valence-electron chi connectivity index (χ0n) is 5.62. The van der Waals surface area contributed by atoms with Crippen LogP contribution in [0.2, 0.25) is 0 Å². The fourth-order valence-corrected chi connectivity index (χ4v) is 0.995. The molecule has 0 heterocycles. The van der Waals surface area contributed by atoms with Crippen molar-refractivity contribution >= 4 is 24.0 Å². The highest BCUT2D eigenvalue weighted by Gasteiger charge is 1.87. The molecule has 0 bridgehead atoms. The van der Waals surface area contributed by atoms with Crippen LogP contribution >= 0.6 is 12.6 Å². The molecule has 0 radical (unpaired) electrons. The van der Waals surface area contributed by atoms with Crippen molar-refractivity contribution in [1.82, 2.24) is 0 Å². The predicted octanol–water partition coefficient (Wildman–Crippen LogP) is 0.897. The van der Waals surface area contributed by atoms with Crippen LogP contribution in [0.25, 0.3) is 0 Å². The van der Waals surface area contributed by atoms with Crippen LogP contribution < -0.4 is 0 Å². The lowest BCUT2D eigenvalue weighted by molar-refractivity contribution is 0.292. The molecule has 0 N–H and O–H groups in total. The average molecular weight is 183 g/mol. The zero-order valence-corrected chi connectivity index (χ0v) is 7.33. The highest BCUT2D eigenvalue weighted by molar-refractivity contribution is 7.80. The fraction of sp³-hybridized carbons (Fsp3) is 1.00. The molecule has 0 aromatic rings. The van der Waals surface area contributed by atoms with Gasteiger partial charge in [0.2, 0.25) is 0 Å². The van der Waals surface area contributed by atoms with E-state index < -0.39 is 11.4 Å². The molecule has 0 saturated carbocycles. The normalized spacial score (nSPS) is 13.4. The molecule has 10 heavy (non-hydrogen) atoms. The van der Waals surface area contributed by atoms with E-state index in [2.05, 4.69) is 16.8 Å². The molecule has 0 rings (SSSR count). The minimum Gasteiger partial charge on any atom is -0.750 e. The van der Waals surface area contributed by atoms with Gasteiger partial charge in [0.1, 0.15) is 0 Å². The van der Waals surface area contributed by atoms with E-state index in [9.17, 15) is 8.76 Å². The Morgan fingerprint density at radius 1 is 1.40 bits per heavy atom. The van der Waals surface area contributed by atoms with Crippen LogP contribution in [0.5, 0.6) is 0 Å². The Morgan fingerprint density at radius 2 is 2.10 bits per heavy atom. The molecule has 0 aromatic carbocycles. The predicted molar refractivity (Wildman–Crippen MR) is 42.6 cm³/mol. The van der Waals surface area contributed by atoms with Crippen molar-refractivity contribution in [3.8, 4) is 0 Å². The monoisotopic (exact) mass is 183 g/mol. The average Bonchev–Trinajstić information content (AvgIpc) is 1.87. The Labute approximate surface area is 69.1 Å². The number of hydrogen-bond donors (Lipinski definition) is 1. The molecule has 0 saturated heterocycles. The maximum Gasteiger partial charge on any atom is 0.0842 e. The van der Waals surface area contributed by atoms with E-state index in [4.69, 9.17) is 0 Å². The summed E-state index contributed by atoms with van der Waals surface area (Å²) in [5, 5.41) is 0. The van der Waals surface area contributed by atoms with E-state index in [-0.39, 0.29) is 0 Å². The molecule has 5 heteroatoms. The van der Waals surface area contributed by atoms with Gasteiger partial charge in [-0.25, -0.2) is 4.21 Å². The van der Waals surface area contributed by atoms with Gasteiger partial charge in [0.25, 0.3) is 0 Å². The summed E-state index contributed by atoms with van der Waals surface area (Å²) in [5.74, 6) is 0.848. The number of hydrogen-bond acceptors (Lipinski definition) is 4. The lowest BCUT2D eigenvalue weighted by Gasteiger charge is -2.03. The Morgan fingerprint density at radius 3 is 2.60 bits per heavy atom. The molecule has 0 aliphatic carbocycles. The first-order chi connectivity index (χ1) is 4.77. The summed E-state index contributed by atoms with van der Waals surface area (Å²) in [5.41, 5.74) is 0. The molecule has 0 spiro atoms. The topological polar surface area (TPSA) is 49.4 Å². The summed E-state index contributed by atoms with van der Waals surface area (Å²) in [4.78, 5) is 0. The molecule has 1 atom stereocenters. The Hall–Kier alpha value is 0.420. The molecular weight excluding hydrogens is 172 g/mol. The molecular formula is C5H11O3S2-. The van der Waals surface area contributed by atoms with E-state index in [0.717, 1.165) is 25.0 Å². The molecule has 62 valence electrons. The standard InChI is InChI=1S/C5H12O3S2/c6-10(7)8-4-2-1-3-5-9/h9H,1-5H2,(H,6,7)/p-1. The first kappa shape index (κ1) is 10.4. The van der Waals surface area contributed by atoms with Gasteiger partial charge >= 0.3 is 0 Å². The third kappa shape index (κ3) is 8.42. The molecule has 3 nitrogen and oxygen atoms in total. The van der Waals surface area contributed by atoms with Crippen LogP contribution in [0.1, 0.15) is 19.3 Å². The Bertz CT molecular complexity index is 96.9. The van der Waals surface area contributed by atoms with Gasteiger partial charge in [-0.2, -0.15) is 12.6 Å². The van der Waals surface area contributed by atoms with E-state index in [1.807, 2.05) is 0 Å². The Balaban J connectivity index is 2.84. The van der Waals surface area contributed by atoms with Crippen molar-refractivity contribution in [2.24, 2.45) is 0 Å². The maximum atomic E-state index is 9.79. The highest BCUT2D eigenvalue weighted by Crippen LogP contribution is 1.97. The van der Waals surface area contributed by atoms with Gasteiger partial charge in [0.05, 0.1) is 18.0 Å². The number of unbranched alkanes of at least 4 members (excludes halogenated alkanes) is 2. The molecule has 0 amide bonds. The number of thiol groups is 1. The maximum absolute atomic E-state index is 9.79. The number of rotatable bonds is 6. The first-order valence-corrected chi connectivity index (χ1v) is 4.74. The van der Waals surface area contributed by atoms with E-state index in [0.29, 0.717) is 6.61 Å². The molecule has 0 aliphatic heterocycles. The molecule has 0 fully saturated rings. The van der Waals surface area contributed by atoms with Crippen LogP contribution in [-0.4, -0.2) is 21.1 Å². The third-order valence-corrected chi connectivity index (χ3v) is 1.66. The van der Waals surface area contributed by atoms with Crippen molar-refractivity contribution in [3.63, 3.8) is 0 Å². The van der Waals surface area contributed by atoms with Gasteiger partial charge in [-0.1, -0.05) is 6.42 Å². The van der Waals surface area contributed by atoms with E-state index in [1.165, 1.54) is 0 Å². The minimum atomic E-state index is -2.34. The van der Waals surface area contributed by atoms with Crippen LogP contribution in [0.15, 0.2) is 0 Å². The summed E-state index contributed by atoms with van der Waals surface area (Å²) in [7, 11) is 0. The van der Waals surface area contributed by atoms with Crippen LogP contribution in [0.4, 0.5) is 0 Å². The Kier molecular flexibility index (Phi) is 7.84. The second kappa shape index (κ2) is 7.53. The van der Waals surface area contributed by atoms with Crippen molar-refractivity contribution in [2.45, 2.75) is 19.3 Å². The second-order valence-electron chi connectivity index (χ2n) is 1.81. The van der Waals surface area contributed by atoms with Crippen molar-refractivity contribution in [2.75, 3.05) is 12.4 Å². The summed E-state index contributed by atoms with van der Waals surface area (Å²) in [6.07, 6.45) is 2.77. The largest absolute Gasteiger partial charge is 0.750 e.